The van der Waals surface area contributed by atoms with Crippen LogP contribution in [0.1, 0.15) is 45.7 Å². The first-order valence-electron chi connectivity index (χ1n) is 11.1. The molecule has 0 atom stereocenters. The van der Waals surface area contributed by atoms with Crippen molar-refractivity contribution >= 4 is 40.3 Å². The summed E-state index contributed by atoms with van der Waals surface area (Å²) in [5.74, 6) is 2.03. The van der Waals surface area contributed by atoms with Gasteiger partial charge in [-0.05, 0) is 60.7 Å². The van der Waals surface area contributed by atoms with E-state index >= 15 is 0 Å². The van der Waals surface area contributed by atoms with Gasteiger partial charge in [0.25, 0.3) is 5.91 Å². The number of amides is 1. The second-order valence-corrected chi connectivity index (χ2v) is 10.2. The van der Waals surface area contributed by atoms with Crippen molar-refractivity contribution in [3.63, 3.8) is 0 Å². The number of rotatable bonds is 9. The first kappa shape index (κ1) is 25.1. The molecule has 1 amide bonds. The summed E-state index contributed by atoms with van der Waals surface area (Å²) in [6, 6.07) is 13.8. The number of hydrogen-bond donors (Lipinski definition) is 0. The van der Waals surface area contributed by atoms with Gasteiger partial charge in [0, 0.05) is 6.54 Å². The van der Waals surface area contributed by atoms with Crippen LogP contribution < -0.4 is 14.2 Å². The molecule has 1 aliphatic rings. The van der Waals surface area contributed by atoms with E-state index in [2.05, 4.69) is 32.9 Å². The van der Waals surface area contributed by atoms with Crippen LogP contribution in [0.5, 0.6) is 17.2 Å². The largest absolute Gasteiger partial charge is 0.490 e. The van der Waals surface area contributed by atoms with Crippen LogP contribution in [0.15, 0.2) is 47.4 Å². The number of thiocarbonyl (C=S) groups is 1. The van der Waals surface area contributed by atoms with E-state index in [4.69, 9.17) is 26.4 Å². The lowest BCUT2D eigenvalue weighted by Gasteiger charge is -2.19. The van der Waals surface area contributed by atoms with Crippen molar-refractivity contribution in [3.8, 4) is 17.2 Å². The van der Waals surface area contributed by atoms with E-state index in [1.54, 1.807) is 4.90 Å². The zero-order valence-corrected chi connectivity index (χ0v) is 21.5. The van der Waals surface area contributed by atoms with Gasteiger partial charge in [-0.1, -0.05) is 63.0 Å². The van der Waals surface area contributed by atoms with Crippen molar-refractivity contribution in [2.24, 2.45) is 0 Å². The van der Waals surface area contributed by atoms with Crippen molar-refractivity contribution in [2.75, 3.05) is 26.4 Å². The predicted molar refractivity (Wildman–Crippen MR) is 139 cm³/mol. The molecule has 0 aliphatic carbocycles. The highest BCUT2D eigenvalue weighted by atomic mass is 32.2. The molecule has 0 radical (unpaired) electrons. The molecule has 0 N–H and O–H groups in total. The number of likely N-dealkylation sites (N-methyl/N-ethyl adjacent to an activating group) is 1. The maximum absolute atomic E-state index is 12.5. The number of ether oxygens (including phenoxy) is 3. The van der Waals surface area contributed by atoms with Gasteiger partial charge in [0.05, 0.1) is 11.5 Å². The fourth-order valence-corrected chi connectivity index (χ4v) is 4.67. The van der Waals surface area contributed by atoms with Crippen LogP contribution in [-0.2, 0) is 10.2 Å². The first-order valence-corrected chi connectivity index (χ1v) is 12.3. The van der Waals surface area contributed by atoms with Gasteiger partial charge in [-0.2, -0.15) is 0 Å². The molecule has 1 heterocycles. The Hall–Kier alpha value is -2.51. The predicted octanol–water partition coefficient (Wildman–Crippen LogP) is 6.06. The van der Waals surface area contributed by atoms with Gasteiger partial charge in [-0.15, -0.1) is 0 Å². The minimum Gasteiger partial charge on any atom is -0.490 e. The molecule has 5 nitrogen and oxygen atoms in total. The molecule has 176 valence electrons. The first-order chi connectivity index (χ1) is 15.7. The van der Waals surface area contributed by atoms with E-state index in [0.29, 0.717) is 47.1 Å². The summed E-state index contributed by atoms with van der Waals surface area (Å²) in [7, 11) is 0. The van der Waals surface area contributed by atoms with E-state index in [9.17, 15) is 4.79 Å². The van der Waals surface area contributed by atoms with E-state index in [-0.39, 0.29) is 11.3 Å². The SMILES string of the molecule is CCOc1cc(/C=C2/SC(=S)N(CC)C2=O)ccc1OCCOc1ccc(C(C)(C)C)cc1. The zero-order chi connectivity index (χ0) is 24.0. The molecule has 7 heteroatoms. The molecular weight excluding hydrogens is 454 g/mol. The van der Waals surface area contributed by atoms with Crippen LogP contribution in [0.2, 0.25) is 0 Å². The normalized spacial score (nSPS) is 15.3. The number of carbonyl (C=O) groups excluding carboxylic acids is 1. The average molecular weight is 486 g/mol. The third-order valence-electron chi connectivity index (χ3n) is 5.09. The average Bonchev–Trinajstić information content (AvgIpc) is 3.04. The highest BCUT2D eigenvalue weighted by molar-refractivity contribution is 8.26. The second kappa shape index (κ2) is 11.1. The van der Waals surface area contributed by atoms with Crippen molar-refractivity contribution in [3.05, 3.63) is 58.5 Å². The smallest absolute Gasteiger partial charge is 0.266 e. The highest BCUT2D eigenvalue weighted by Crippen LogP contribution is 2.34. The highest BCUT2D eigenvalue weighted by Gasteiger charge is 2.30. The maximum atomic E-state index is 12.5. The quantitative estimate of drug-likeness (QED) is 0.244. The van der Waals surface area contributed by atoms with E-state index in [0.717, 1.165) is 11.3 Å². The van der Waals surface area contributed by atoms with Crippen LogP contribution >= 0.6 is 24.0 Å². The molecule has 3 rings (SSSR count). The van der Waals surface area contributed by atoms with Gasteiger partial charge in [0.1, 0.15) is 23.3 Å². The molecule has 2 aromatic carbocycles. The lowest BCUT2D eigenvalue weighted by molar-refractivity contribution is -0.121. The fraction of sp³-hybridized carbons (Fsp3) is 0.385. The van der Waals surface area contributed by atoms with Gasteiger partial charge in [-0.3, -0.25) is 9.69 Å². The number of thioether (sulfide) groups is 1. The van der Waals surface area contributed by atoms with Crippen LogP contribution in [0.25, 0.3) is 6.08 Å². The Kier molecular flexibility index (Phi) is 8.43. The van der Waals surface area contributed by atoms with Gasteiger partial charge < -0.3 is 14.2 Å². The molecule has 1 aliphatic heterocycles. The maximum Gasteiger partial charge on any atom is 0.266 e. The van der Waals surface area contributed by atoms with E-state index < -0.39 is 0 Å². The van der Waals surface area contributed by atoms with Crippen molar-refractivity contribution in [2.45, 2.75) is 40.0 Å². The van der Waals surface area contributed by atoms with Gasteiger partial charge >= 0.3 is 0 Å². The van der Waals surface area contributed by atoms with Crippen LogP contribution in [0, 0.1) is 0 Å². The van der Waals surface area contributed by atoms with Crippen molar-refractivity contribution < 1.29 is 19.0 Å². The van der Waals surface area contributed by atoms with Crippen molar-refractivity contribution in [1.82, 2.24) is 4.90 Å². The Balaban J connectivity index is 1.61. The van der Waals surface area contributed by atoms with Crippen LogP contribution in [0.4, 0.5) is 0 Å². The summed E-state index contributed by atoms with van der Waals surface area (Å²) >= 11 is 6.61. The summed E-state index contributed by atoms with van der Waals surface area (Å²) in [6.45, 7) is 12.3. The van der Waals surface area contributed by atoms with Gasteiger partial charge in [0.15, 0.2) is 11.5 Å². The molecule has 0 saturated carbocycles. The molecule has 0 spiro atoms. The second-order valence-electron chi connectivity index (χ2n) is 8.54. The number of carbonyl (C=O) groups is 1. The molecule has 1 fully saturated rings. The third kappa shape index (κ3) is 6.51. The Morgan fingerprint density at radius 2 is 1.67 bits per heavy atom. The summed E-state index contributed by atoms with van der Waals surface area (Å²) in [4.78, 5) is 14.7. The lowest BCUT2D eigenvalue weighted by Crippen LogP contribution is -2.27. The summed E-state index contributed by atoms with van der Waals surface area (Å²) in [6.07, 6.45) is 1.84. The molecule has 2 aromatic rings. The molecule has 33 heavy (non-hydrogen) atoms. The molecule has 0 aromatic heterocycles. The molecular formula is C26H31NO4S2. The minimum atomic E-state index is -0.0570. The summed E-state index contributed by atoms with van der Waals surface area (Å²) in [5.41, 5.74) is 2.24. The third-order valence-corrected chi connectivity index (χ3v) is 6.46. The van der Waals surface area contributed by atoms with Crippen LogP contribution in [-0.4, -0.2) is 41.5 Å². The van der Waals surface area contributed by atoms with Crippen LogP contribution in [0.3, 0.4) is 0 Å². The lowest BCUT2D eigenvalue weighted by atomic mass is 9.87. The Labute approximate surface area is 206 Å². The summed E-state index contributed by atoms with van der Waals surface area (Å²) in [5, 5.41) is 0. The van der Waals surface area contributed by atoms with E-state index in [1.165, 1.54) is 17.3 Å². The summed E-state index contributed by atoms with van der Waals surface area (Å²) < 4.78 is 18.1. The fourth-order valence-electron chi connectivity index (χ4n) is 3.29. The topological polar surface area (TPSA) is 48.0 Å². The van der Waals surface area contributed by atoms with Crippen molar-refractivity contribution in [1.29, 1.82) is 0 Å². The number of benzene rings is 2. The minimum absolute atomic E-state index is 0.0570. The molecule has 0 unspecified atom stereocenters. The molecule has 1 saturated heterocycles. The zero-order valence-electron chi connectivity index (χ0n) is 19.8. The van der Waals surface area contributed by atoms with E-state index in [1.807, 2.05) is 50.3 Å². The Bertz CT molecular complexity index is 1030. The van der Waals surface area contributed by atoms with Gasteiger partial charge in [0.2, 0.25) is 0 Å². The Morgan fingerprint density at radius 1 is 0.970 bits per heavy atom. The van der Waals surface area contributed by atoms with Gasteiger partial charge in [-0.25, -0.2) is 0 Å². The standard InChI is InChI=1S/C26H31NO4S2/c1-6-27-24(28)23(33-25(27)32)17-18-8-13-21(22(16-18)29-7-2)31-15-14-30-20-11-9-19(10-12-20)26(3,4)5/h8-13,16-17H,6-7,14-15H2,1-5H3/b23-17+. The monoisotopic (exact) mass is 485 g/mol. The molecule has 0 bridgehead atoms. The number of nitrogens with zero attached hydrogens (tertiary/aromatic N) is 1. The Morgan fingerprint density at radius 3 is 2.27 bits per heavy atom. The number of hydrogen-bond acceptors (Lipinski definition) is 6.